The summed E-state index contributed by atoms with van der Waals surface area (Å²) in [7, 11) is 4.15. The molecular weight excluding hydrogens is 363 g/mol. The number of rotatable bonds is 8. The molecule has 1 fully saturated rings. The summed E-state index contributed by atoms with van der Waals surface area (Å²) < 4.78 is 13.8. The number of benzene rings is 2. The maximum atomic E-state index is 13.8. The van der Waals surface area contributed by atoms with Gasteiger partial charge in [0.15, 0.2) is 0 Å². The Hall–Kier alpha value is -2.20. The third-order valence-electron chi connectivity index (χ3n) is 6.43. The number of carbonyl (C=O) groups excluding carboxylic acids is 1. The van der Waals surface area contributed by atoms with E-state index in [0.29, 0.717) is 12.3 Å². The molecular formula is C25H33FN2O. The maximum absolute atomic E-state index is 13.8. The molecule has 4 heteroatoms. The van der Waals surface area contributed by atoms with Gasteiger partial charge in [-0.2, -0.15) is 0 Å². The molecule has 1 aliphatic rings. The molecule has 0 saturated heterocycles. The highest BCUT2D eigenvalue weighted by atomic mass is 19.1. The van der Waals surface area contributed by atoms with Gasteiger partial charge in [0.2, 0.25) is 5.91 Å². The van der Waals surface area contributed by atoms with E-state index in [1.54, 1.807) is 12.1 Å². The van der Waals surface area contributed by atoms with E-state index in [1.807, 2.05) is 12.1 Å². The van der Waals surface area contributed by atoms with E-state index in [1.165, 1.54) is 11.6 Å². The number of hydrogen-bond acceptors (Lipinski definition) is 2. The molecule has 0 bridgehead atoms. The Bertz CT molecular complexity index is 782. The van der Waals surface area contributed by atoms with Crippen LogP contribution >= 0.6 is 0 Å². The first kappa shape index (κ1) is 21.5. The number of nitrogens with one attached hydrogen (secondary N) is 1. The minimum absolute atomic E-state index is 0.134. The van der Waals surface area contributed by atoms with Crippen molar-refractivity contribution in [3.63, 3.8) is 0 Å². The van der Waals surface area contributed by atoms with Gasteiger partial charge in [-0.1, -0.05) is 42.5 Å². The lowest BCUT2D eigenvalue weighted by Gasteiger charge is -2.45. The number of nitrogens with zero attached hydrogens (tertiary/aromatic N) is 1. The Morgan fingerprint density at radius 2 is 1.83 bits per heavy atom. The number of hydrogen-bond donors (Lipinski definition) is 1. The molecule has 1 N–H and O–H groups in total. The van der Waals surface area contributed by atoms with Crippen LogP contribution in [0.4, 0.5) is 4.39 Å². The zero-order valence-corrected chi connectivity index (χ0v) is 17.7. The van der Waals surface area contributed by atoms with Crippen molar-refractivity contribution in [1.29, 1.82) is 0 Å². The van der Waals surface area contributed by atoms with Crippen molar-refractivity contribution in [3.8, 4) is 0 Å². The second kappa shape index (κ2) is 10.0. The summed E-state index contributed by atoms with van der Waals surface area (Å²) >= 11 is 0. The van der Waals surface area contributed by atoms with Gasteiger partial charge in [-0.15, -0.1) is 0 Å². The van der Waals surface area contributed by atoms with Gasteiger partial charge in [0.1, 0.15) is 5.82 Å². The van der Waals surface area contributed by atoms with E-state index < -0.39 is 0 Å². The summed E-state index contributed by atoms with van der Waals surface area (Å²) in [6, 6.07) is 17.4. The highest BCUT2D eigenvalue weighted by Gasteiger charge is 2.39. The molecule has 1 saturated carbocycles. The van der Waals surface area contributed by atoms with Crippen molar-refractivity contribution < 1.29 is 9.18 Å². The van der Waals surface area contributed by atoms with E-state index in [4.69, 9.17) is 0 Å². The predicted molar refractivity (Wildman–Crippen MR) is 116 cm³/mol. The highest BCUT2D eigenvalue weighted by Crippen LogP contribution is 2.43. The van der Waals surface area contributed by atoms with E-state index in [-0.39, 0.29) is 17.3 Å². The van der Waals surface area contributed by atoms with Crippen molar-refractivity contribution in [2.45, 2.75) is 50.5 Å². The van der Waals surface area contributed by atoms with Crippen LogP contribution in [0.5, 0.6) is 0 Å². The fraction of sp³-hybridized carbons (Fsp3) is 0.480. The van der Waals surface area contributed by atoms with E-state index in [0.717, 1.165) is 50.6 Å². The third kappa shape index (κ3) is 5.66. The molecule has 0 atom stereocenters. The van der Waals surface area contributed by atoms with Crippen LogP contribution in [0, 0.1) is 11.7 Å². The number of aryl methyl sites for hydroxylation is 1. The minimum Gasteiger partial charge on any atom is -0.356 e. The molecule has 3 nitrogen and oxygen atoms in total. The molecule has 0 aromatic heterocycles. The summed E-state index contributed by atoms with van der Waals surface area (Å²) in [5.74, 6) is 0.387. The SMILES string of the molecule is CN(C)C1(c2cccc(F)c2)CCC(CC(=O)NCCCc2ccccc2)CC1. The van der Waals surface area contributed by atoms with Gasteiger partial charge < -0.3 is 5.32 Å². The Morgan fingerprint density at radius 1 is 1.10 bits per heavy atom. The van der Waals surface area contributed by atoms with Gasteiger partial charge in [0.05, 0.1) is 0 Å². The van der Waals surface area contributed by atoms with Crippen LogP contribution in [-0.4, -0.2) is 31.4 Å². The van der Waals surface area contributed by atoms with Gasteiger partial charge in [-0.05, 0) is 81.8 Å². The first-order valence-corrected chi connectivity index (χ1v) is 10.7. The highest BCUT2D eigenvalue weighted by molar-refractivity contribution is 5.76. The van der Waals surface area contributed by atoms with Gasteiger partial charge in [0.25, 0.3) is 0 Å². The van der Waals surface area contributed by atoms with Crippen molar-refractivity contribution in [1.82, 2.24) is 10.2 Å². The van der Waals surface area contributed by atoms with Crippen LogP contribution in [0.15, 0.2) is 54.6 Å². The Labute approximate surface area is 174 Å². The molecule has 0 heterocycles. The molecule has 29 heavy (non-hydrogen) atoms. The van der Waals surface area contributed by atoms with E-state index in [2.05, 4.69) is 48.6 Å². The largest absolute Gasteiger partial charge is 0.356 e. The first-order valence-electron chi connectivity index (χ1n) is 10.7. The minimum atomic E-state index is -0.180. The Kier molecular flexibility index (Phi) is 7.43. The number of halogens is 1. The number of amides is 1. The van der Waals surface area contributed by atoms with Crippen molar-refractivity contribution in [2.24, 2.45) is 5.92 Å². The molecule has 0 aliphatic heterocycles. The Morgan fingerprint density at radius 3 is 2.48 bits per heavy atom. The molecule has 3 rings (SSSR count). The molecule has 156 valence electrons. The van der Waals surface area contributed by atoms with Crippen LogP contribution in [0.3, 0.4) is 0 Å². The van der Waals surface area contributed by atoms with Crippen LogP contribution < -0.4 is 5.32 Å². The standard InChI is InChI=1S/C25H33FN2O/c1-28(2)25(22-11-6-12-23(26)19-22)15-13-21(14-16-25)18-24(29)27-17-7-10-20-8-4-3-5-9-20/h3-6,8-9,11-12,19,21H,7,10,13-18H2,1-2H3,(H,27,29). The third-order valence-corrected chi connectivity index (χ3v) is 6.43. The van der Waals surface area contributed by atoms with Crippen molar-refractivity contribution in [2.75, 3.05) is 20.6 Å². The maximum Gasteiger partial charge on any atom is 0.220 e. The molecule has 0 radical (unpaired) electrons. The Balaban J connectivity index is 1.45. The van der Waals surface area contributed by atoms with Gasteiger partial charge in [0, 0.05) is 18.5 Å². The second-order valence-corrected chi connectivity index (χ2v) is 8.52. The molecule has 1 amide bonds. The normalized spacial score (nSPS) is 21.9. The van der Waals surface area contributed by atoms with Crippen molar-refractivity contribution in [3.05, 3.63) is 71.5 Å². The molecule has 0 spiro atoms. The number of carbonyl (C=O) groups is 1. The van der Waals surface area contributed by atoms with Crippen molar-refractivity contribution >= 4 is 5.91 Å². The molecule has 2 aromatic carbocycles. The smallest absolute Gasteiger partial charge is 0.220 e. The molecule has 1 aliphatic carbocycles. The summed E-state index contributed by atoms with van der Waals surface area (Å²) in [6.07, 6.45) is 6.44. The summed E-state index contributed by atoms with van der Waals surface area (Å²) in [4.78, 5) is 14.6. The quantitative estimate of drug-likeness (QED) is 0.643. The summed E-state index contributed by atoms with van der Waals surface area (Å²) in [6.45, 7) is 0.728. The molecule has 2 aromatic rings. The lowest BCUT2D eigenvalue weighted by molar-refractivity contribution is -0.122. The van der Waals surface area contributed by atoms with Crippen LogP contribution in [0.25, 0.3) is 0 Å². The lowest BCUT2D eigenvalue weighted by Crippen LogP contribution is -2.45. The fourth-order valence-electron chi connectivity index (χ4n) is 4.63. The zero-order valence-electron chi connectivity index (χ0n) is 17.7. The predicted octanol–water partition coefficient (Wildman–Crippen LogP) is 4.91. The average Bonchev–Trinajstić information content (AvgIpc) is 2.72. The van der Waals surface area contributed by atoms with Crippen LogP contribution in [-0.2, 0) is 16.8 Å². The lowest BCUT2D eigenvalue weighted by atomic mass is 9.71. The first-order chi connectivity index (χ1) is 14.0. The monoisotopic (exact) mass is 396 g/mol. The summed E-state index contributed by atoms with van der Waals surface area (Å²) in [5, 5.41) is 3.08. The van der Waals surface area contributed by atoms with E-state index >= 15 is 0 Å². The van der Waals surface area contributed by atoms with Gasteiger partial charge in [-0.25, -0.2) is 4.39 Å². The van der Waals surface area contributed by atoms with Crippen LogP contribution in [0.1, 0.15) is 49.7 Å². The second-order valence-electron chi connectivity index (χ2n) is 8.52. The zero-order chi connectivity index (χ0) is 20.7. The fourth-order valence-corrected chi connectivity index (χ4v) is 4.63. The van der Waals surface area contributed by atoms with E-state index in [9.17, 15) is 9.18 Å². The molecule has 0 unspecified atom stereocenters. The topological polar surface area (TPSA) is 32.3 Å². The van der Waals surface area contributed by atoms with Gasteiger partial charge >= 0.3 is 0 Å². The average molecular weight is 397 g/mol. The van der Waals surface area contributed by atoms with Gasteiger partial charge in [-0.3, -0.25) is 9.69 Å². The van der Waals surface area contributed by atoms with Crippen LogP contribution in [0.2, 0.25) is 0 Å². The summed E-state index contributed by atoms with van der Waals surface area (Å²) in [5.41, 5.74) is 2.22.